The van der Waals surface area contributed by atoms with E-state index in [1.807, 2.05) is 35.7 Å². The van der Waals surface area contributed by atoms with Gasteiger partial charge in [-0.15, -0.1) is 17.8 Å². The maximum absolute atomic E-state index is 12.1. The van der Waals surface area contributed by atoms with Gasteiger partial charge >= 0.3 is 6.03 Å². The van der Waals surface area contributed by atoms with Gasteiger partial charge in [-0.1, -0.05) is 30.2 Å². The number of amides is 3. The first kappa shape index (κ1) is 21.0. The monoisotopic (exact) mass is 419 g/mol. The van der Waals surface area contributed by atoms with Gasteiger partial charge in [0.15, 0.2) is 0 Å². The molecule has 0 spiro atoms. The van der Waals surface area contributed by atoms with Crippen LogP contribution in [0.2, 0.25) is 0 Å². The maximum atomic E-state index is 12.1. The zero-order valence-electron chi connectivity index (χ0n) is 16.2. The highest BCUT2D eigenvalue weighted by Gasteiger charge is 2.08. The number of benzene rings is 2. The Kier molecular flexibility index (Phi) is 7.47. The number of ether oxygens (including phenoxy) is 1. The van der Waals surface area contributed by atoms with Crippen molar-refractivity contribution in [1.82, 2.24) is 5.32 Å². The van der Waals surface area contributed by atoms with Crippen LogP contribution in [0, 0.1) is 12.3 Å². The summed E-state index contributed by atoms with van der Waals surface area (Å²) >= 11 is 1.37. The van der Waals surface area contributed by atoms with Crippen LogP contribution >= 0.6 is 11.3 Å². The molecule has 0 aliphatic rings. The minimum atomic E-state index is -0.314. The largest absolute Gasteiger partial charge is 0.481 e. The third kappa shape index (κ3) is 6.40. The number of terminal acetylenes is 1. The number of hydrogen-bond donors (Lipinski definition) is 3. The van der Waals surface area contributed by atoms with Crippen molar-refractivity contribution in [1.29, 1.82) is 0 Å². The molecule has 0 bridgehead atoms. The number of anilines is 2. The molecule has 6 nitrogen and oxygen atoms in total. The van der Waals surface area contributed by atoms with Gasteiger partial charge in [0.2, 0.25) is 0 Å². The first-order chi connectivity index (χ1) is 14.6. The molecular weight excluding hydrogens is 398 g/mol. The molecule has 3 amide bonds. The number of nitrogens with one attached hydrogen (secondary N) is 3. The molecule has 2 aromatic carbocycles. The molecule has 152 valence electrons. The average Bonchev–Trinajstić information content (AvgIpc) is 3.28. The molecule has 0 aliphatic carbocycles. The lowest BCUT2D eigenvalue weighted by molar-refractivity contribution is 0.103. The zero-order valence-corrected chi connectivity index (χ0v) is 17.0. The van der Waals surface area contributed by atoms with Crippen LogP contribution in [0.25, 0.3) is 0 Å². The predicted molar refractivity (Wildman–Crippen MR) is 120 cm³/mol. The van der Waals surface area contributed by atoms with Crippen LogP contribution in [0.4, 0.5) is 16.2 Å². The van der Waals surface area contributed by atoms with E-state index < -0.39 is 0 Å². The lowest BCUT2D eigenvalue weighted by Gasteiger charge is -2.10. The van der Waals surface area contributed by atoms with E-state index in [0.29, 0.717) is 35.0 Å². The number of thiophene rings is 1. The molecule has 0 saturated carbocycles. The predicted octanol–water partition coefficient (Wildman–Crippen LogP) is 4.38. The Bertz CT molecular complexity index is 1020. The molecular formula is C23H21N3O3S. The van der Waals surface area contributed by atoms with Crippen molar-refractivity contribution in [3.05, 3.63) is 76.5 Å². The maximum Gasteiger partial charge on any atom is 0.319 e. The summed E-state index contributed by atoms with van der Waals surface area (Å²) in [6, 6.07) is 17.8. The lowest BCUT2D eigenvalue weighted by Crippen LogP contribution is -2.30. The zero-order chi connectivity index (χ0) is 21.2. The Balaban J connectivity index is 1.44. The summed E-state index contributed by atoms with van der Waals surface area (Å²) in [5, 5.41) is 10.3. The Labute approximate surface area is 179 Å². The van der Waals surface area contributed by atoms with Gasteiger partial charge in [0.25, 0.3) is 5.91 Å². The van der Waals surface area contributed by atoms with E-state index in [1.54, 1.807) is 30.3 Å². The second-order valence-corrected chi connectivity index (χ2v) is 7.23. The number of rotatable bonds is 8. The molecule has 0 atom stereocenters. The van der Waals surface area contributed by atoms with E-state index in [1.165, 1.54) is 11.3 Å². The van der Waals surface area contributed by atoms with E-state index >= 15 is 0 Å². The molecule has 0 unspecified atom stereocenters. The third-order valence-electron chi connectivity index (χ3n) is 4.07. The van der Waals surface area contributed by atoms with E-state index in [2.05, 4.69) is 21.9 Å². The fraction of sp³-hybridized carbons (Fsp3) is 0.130. The number of hydrogen-bond acceptors (Lipinski definition) is 4. The van der Waals surface area contributed by atoms with E-state index in [4.69, 9.17) is 11.2 Å². The molecule has 7 heteroatoms. The number of carbonyl (C=O) groups is 2. The van der Waals surface area contributed by atoms with Crippen molar-refractivity contribution >= 4 is 34.6 Å². The van der Waals surface area contributed by atoms with Crippen LogP contribution in [0.3, 0.4) is 0 Å². The fourth-order valence-corrected chi connectivity index (χ4v) is 3.27. The summed E-state index contributed by atoms with van der Waals surface area (Å²) in [7, 11) is 0. The summed E-state index contributed by atoms with van der Waals surface area (Å²) in [6.45, 7) is 0.713. The van der Waals surface area contributed by atoms with Gasteiger partial charge in [-0.3, -0.25) is 4.79 Å². The van der Waals surface area contributed by atoms with E-state index in [0.717, 1.165) is 5.56 Å². The Morgan fingerprint density at radius 1 is 1.00 bits per heavy atom. The molecule has 0 saturated heterocycles. The molecule has 1 aromatic heterocycles. The topological polar surface area (TPSA) is 79.5 Å². The molecule has 3 N–H and O–H groups in total. The second-order valence-electron chi connectivity index (χ2n) is 6.28. The highest BCUT2D eigenvalue weighted by atomic mass is 32.1. The van der Waals surface area contributed by atoms with Crippen molar-refractivity contribution in [3.63, 3.8) is 0 Å². The minimum Gasteiger partial charge on any atom is -0.481 e. The summed E-state index contributed by atoms with van der Waals surface area (Å²) in [6.07, 6.45) is 5.85. The van der Waals surface area contributed by atoms with Crippen LogP contribution in [-0.2, 0) is 6.42 Å². The quantitative estimate of drug-likeness (QED) is 0.474. The molecule has 0 radical (unpaired) electrons. The SMILES string of the molecule is C#CCOc1ccc(CCNC(=O)Nc2cccc(NC(=O)c3cccs3)c2)cc1. The van der Waals surface area contributed by atoms with Gasteiger partial charge in [0, 0.05) is 17.9 Å². The fourth-order valence-electron chi connectivity index (χ4n) is 2.65. The summed E-state index contributed by atoms with van der Waals surface area (Å²) < 4.78 is 5.33. The normalized spacial score (nSPS) is 9.97. The summed E-state index contributed by atoms with van der Waals surface area (Å²) in [5.41, 5.74) is 2.27. The highest BCUT2D eigenvalue weighted by Crippen LogP contribution is 2.17. The van der Waals surface area contributed by atoms with Crippen molar-refractivity contribution < 1.29 is 14.3 Å². The van der Waals surface area contributed by atoms with Crippen LogP contribution in [0.15, 0.2) is 66.0 Å². The van der Waals surface area contributed by atoms with Crippen LogP contribution in [0.1, 0.15) is 15.2 Å². The van der Waals surface area contributed by atoms with Crippen molar-refractivity contribution in [2.45, 2.75) is 6.42 Å². The second kappa shape index (κ2) is 10.7. The van der Waals surface area contributed by atoms with E-state index in [-0.39, 0.29) is 18.5 Å². The highest BCUT2D eigenvalue weighted by molar-refractivity contribution is 7.12. The van der Waals surface area contributed by atoms with Crippen molar-refractivity contribution in [2.24, 2.45) is 0 Å². The number of urea groups is 1. The molecule has 3 rings (SSSR count). The van der Waals surface area contributed by atoms with Gasteiger partial charge in [0.05, 0.1) is 4.88 Å². The van der Waals surface area contributed by atoms with Gasteiger partial charge in [0.1, 0.15) is 12.4 Å². The van der Waals surface area contributed by atoms with Crippen LogP contribution in [-0.4, -0.2) is 25.1 Å². The molecule has 0 aliphatic heterocycles. The van der Waals surface area contributed by atoms with Crippen molar-refractivity contribution in [3.8, 4) is 18.1 Å². The Morgan fingerprint density at radius 3 is 2.47 bits per heavy atom. The Morgan fingerprint density at radius 2 is 1.77 bits per heavy atom. The first-order valence-electron chi connectivity index (χ1n) is 9.29. The average molecular weight is 420 g/mol. The van der Waals surface area contributed by atoms with E-state index in [9.17, 15) is 9.59 Å². The summed E-state index contributed by atoms with van der Waals surface area (Å²) in [4.78, 5) is 24.9. The lowest BCUT2D eigenvalue weighted by atomic mass is 10.1. The van der Waals surface area contributed by atoms with Crippen LogP contribution in [0.5, 0.6) is 5.75 Å². The summed E-state index contributed by atoms with van der Waals surface area (Å²) in [5.74, 6) is 2.96. The third-order valence-corrected chi connectivity index (χ3v) is 4.94. The minimum absolute atomic E-state index is 0.178. The van der Waals surface area contributed by atoms with Crippen LogP contribution < -0.4 is 20.7 Å². The van der Waals surface area contributed by atoms with Gasteiger partial charge < -0.3 is 20.7 Å². The molecule has 1 heterocycles. The first-order valence-corrected chi connectivity index (χ1v) is 10.2. The smallest absolute Gasteiger partial charge is 0.319 e. The van der Waals surface area contributed by atoms with Gasteiger partial charge in [-0.25, -0.2) is 4.79 Å². The molecule has 30 heavy (non-hydrogen) atoms. The Hall–Kier alpha value is -3.76. The van der Waals surface area contributed by atoms with Gasteiger partial charge in [-0.2, -0.15) is 0 Å². The number of carbonyl (C=O) groups excluding carboxylic acids is 2. The van der Waals surface area contributed by atoms with Gasteiger partial charge in [-0.05, 0) is 53.8 Å². The standard InChI is InChI=1S/C23H21N3O3S/c1-2-14-29-20-10-8-17(9-11-20)12-13-24-23(28)26-19-6-3-5-18(16-19)25-22(27)21-7-4-15-30-21/h1,3-11,15-16H,12-14H2,(H,25,27)(H2,24,26,28). The molecule has 3 aromatic rings. The van der Waals surface area contributed by atoms with Crippen molar-refractivity contribution in [2.75, 3.05) is 23.8 Å². The molecule has 0 fully saturated rings.